The summed E-state index contributed by atoms with van der Waals surface area (Å²) in [6, 6.07) is 5.60. The van der Waals surface area contributed by atoms with E-state index in [2.05, 4.69) is 4.98 Å². The Hall–Kier alpha value is -1.49. The van der Waals surface area contributed by atoms with Crippen molar-refractivity contribution >= 4 is 5.65 Å². The number of rotatable bonds is 2. The number of aromatic nitrogens is 2. The van der Waals surface area contributed by atoms with Gasteiger partial charge in [-0.2, -0.15) is 0 Å². The second-order valence-corrected chi connectivity index (χ2v) is 4.79. The highest BCUT2D eigenvalue weighted by atomic mass is 19.3. The molecule has 1 aliphatic rings. The molecule has 2 aromatic heterocycles. The molecule has 0 aliphatic heterocycles. The van der Waals surface area contributed by atoms with Gasteiger partial charge in [-0.3, -0.25) is 0 Å². The maximum atomic E-state index is 13.1. The molecule has 0 spiro atoms. The molecule has 1 aliphatic carbocycles. The van der Waals surface area contributed by atoms with E-state index in [0.29, 0.717) is 5.69 Å². The monoisotopic (exact) mass is 237 g/mol. The summed E-state index contributed by atoms with van der Waals surface area (Å²) in [7, 11) is 0. The van der Waals surface area contributed by atoms with Crippen molar-refractivity contribution in [2.75, 3.05) is 6.54 Å². The van der Waals surface area contributed by atoms with E-state index >= 15 is 0 Å². The largest absolute Gasteiger partial charge is 0.330 e. The van der Waals surface area contributed by atoms with Crippen molar-refractivity contribution in [3.05, 3.63) is 36.3 Å². The number of hydrogen-bond acceptors (Lipinski definition) is 2. The number of alkyl halides is 2. The fraction of sp³-hybridized carbons (Fsp3) is 0.417. The Morgan fingerprint density at radius 2 is 2.12 bits per heavy atom. The molecule has 0 saturated heterocycles. The number of imidazole rings is 1. The van der Waals surface area contributed by atoms with Crippen molar-refractivity contribution in [3.8, 4) is 0 Å². The summed E-state index contributed by atoms with van der Waals surface area (Å²) in [5.41, 5.74) is 6.46. The van der Waals surface area contributed by atoms with Crippen LogP contribution in [0.2, 0.25) is 0 Å². The normalized spacial score (nSPS) is 21.4. The molecule has 0 radical (unpaired) electrons. The molecule has 90 valence electrons. The molecule has 0 aromatic carbocycles. The number of hydrogen-bond donors (Lipinski definition) is 1. The van der Waals surface area contributed by atoms with Crippen LogP contribution in [0.5, 0.6) is 0 Å². The lowest BCUT2D eigenvalue weighted by Crippen LogP contribution is -2.53. The zero-order chi connectivity index (χ0) is 12.1. The third kappa shape index (κ3) is 1.53. The van der Waals surface area contributed by atoms with Crippen molar-refractivity contribution in [1.29, 1.82) is 0 Å². The first-order valence-corrected chi connectivity index (χ1v) is 5.57. The van der Waals surface area contributed by atoms with Crippen LogP contribution in [-0.2, 0) is 5.41 Å². The lowest BCUT2D eigenvalue weighted by atomic mass is 9.64. The molecule has 3 rings (SSSR count). The van der Waals surface area contributed by atoms with Crippen LogP contribution < -0.4 is 5.73 Å². The van der Waals surface area contributed by atoms with Crippen LogP contribution >= 0.6 is 0 Å². The molecule has 2 N–H and O–H groups in total. The van der Waals surface area contributed by atoms with Crippen LogP contribution in [-0.4, -0.2) is 21.9 Å². The van der Waals surface area contributed by atoms with Crippen molar-refractivity contribution < 1.29 is 8.78 Å². The Morgan fingerprint density at radius 1 is 1.35 bits per heavy atom. The van der Waals surface area contributed by atoms with Gasteiger partial charge in [-0.25, -0.2) is 13.8 Å². The predicted octanol–water partition coefficient (Wildman–Crippen LogP) is 1.96. The number of fused-ring (bicyclic) bond motifs is 1. The summed E-state index contributed by atoms with van der Waals surface area (Å²) < 4.78 is 28.0. The SMILES string of the molecule is NCC1(c2cn3ccccc3n2)CC(F)(F)C1. The molecule has 17 heavy (non-hydrogen) atoms. The number of halogens is 2. The van der Waals surface area contributed by atoms with E-state index in [1.165, 1.54) is 0 Å². The number of nitrogens with two attached hydrogens (primary N) is 1. The van der Waals surface area contributed by atoms with E-state index in [4.69, 9.17) is 5.73 Å². The Labute approximate surface area is 97.3 Å². The predicted molar refractivity (Wildman–Crippen MR) is 60.1 cm³/mol. The first-order valence-electron chi connectivity index (χ1n) is 5.57. The summed E-state index contributed by atoms with van der Waals surface area (Å²) in [4.78, 5) is 4.39. The standard InChI is InChI=1S/C12H13F2N3/c13-12(14)6-11(7-12,8-15)9-5-17-4-2-1-3-10(17)16-9/h1-5H,6-8,15H2. The van der Waals surface area contributed by atoms with Gasteiger partial charge < -0.3 is 10.1 Å². The molecular weight excluding hydrogens is 224 g/mol. The van der Waals surface area contributed by atoms with Gasteiger partial charge >= 0.3 is 0 Å². The van der Waals surface area contributed by atoms with E-state index in [9.17, 15) is 8.78 Å². The Bertz CT molecular complexity index is 521. The molecule has 5 heteroatoms. The van der Waals surface area contributed by atoms with Gasteiger partial charge in [-0.15, -0.1) is 0 Å². The molecule has 0 amide bonds. The van der Waals surface area contributed by atoms with Crippen molar-refractivity contribution in [2.24, 2.45) is 5.73 Å². The molecule has 1 fully saturated rings. The molecule has 0 atom stereocenters. The minimum Gasteiger partial charge on any atom is -0.330 e. The van der Waals surface area contributed by atoms with Crippen LogP contribution in [0.25, 0.3) is 5.65 Å². The topological polar surface area (TPSA) is 43.3 Å². The summed E-state index contributed by atoms with van der Waals surface area (Å²) in [5.74, 6) is -2.59. The van der Waals surface area contributed by atoms with Crippen molar-refractivity contribution in [2.45, 2.75) is 24.2 Å². The number of nitrogens with zero attached hydrogens (tertiary/aromatic N) is 2. The maximum absolute atomic E-state index is 13.1. The Balaban J connectivity index is 2.03. The molecule has 0 bridgehead atoms. The average Bonchev–Trinajstić information content (AvgIpc) is 2.68. The highest BCUT2D eigenvalue weighted by Gasteiger charge is 2.57. The van der Waals surface area contributed by atoms with E-state index in [0.717, 1.165) is 5.65 Å². The first-order chi connectivity index (χ1) is 8.05. The zero-order valence-corrected chi connectivity index (χ0v) is 9.24. The van der Waals surface area contributed by atoms with Crippen LogP contribution in [0.15, 0.2) is 30.6 Å². The fourth-order valence-corrected chi connectivity index (χ4v) is 2.56. The van der Waals surface area contributed by atoms with Gasteiger partial charge in [0.25, 0.3) is 0 Å². The molecule has 3 nitrogen and oxygen atoms in total. The van der Waals surface area contributed by atoms with E-state index < -0.39 is 11.3 Å². The lowest BCUT2D eigenvalue weighted by molar-refractivity contribution is -0.124. The fourth-order valence-electron chi connectivity index (χ4n) is 2.56. The van der Waals surface area contributed by atoms with E-state index in [1.54, 1.807) is 6.20 Å². The minimum absolute atomic E-state index is 0.194. The summed E-state index contributed by atoms with van der Waals surface area (Å²) in [5, 5.41) is 0. The van der Waals surface area contributed by atoms with Crippen LogP contribution in [0.1, 0.15) is 18.5 Å². The molecule has 0 unspecified atom stereocenters. The second kappa shape index (κ2) is 3.26. The van der Waals surface area contributed by atoms with Crippen LogP contribution in [0.4, 0.5) is 8.78 Å². The van der Waals surface area contributed by atoms with E-state index in [-0.39, 0.29) is 19.4 Å². The van der Waals surface area contributed by atoms with Gasteiger partial charge in [0.05, 0.1) is 5.69 Å². The van der Waals surface area contributed by atoms with Gasteiger partial charge in [0.1, 0.15) is 5.65 Å². The molecule has 1 saturated carbocycles. The Kier molecular flexibility index (Phi) is 2.04. The molecule has 2 aromatic rings. The zero-order valence-electron chi connectivity index (χ0n) is 9.24. The van der Waals surface area contributed by atoms with Crippen molar-refractivity contribution in [3.63, 3.8) is 0 Å². The van der Waals surface area contributed by atoms with Gasteiger partial charge in [0.2, 0.25) is 5.92 Å². The van der Waals surface area contributed by atoms with E-state index in [1.807, 2.05) is 28.8 Å². The summed E-state index contributed by atoms with van der Waals surface area (Å²) in [6.07, 6.45) is 3.27. The van der Waals surface area contributed by atoms with Crippen molar-refractivity contribution in [1.82, 2.24) is 9.38 Å². The third-order valence-corrected chi connectivity index (χ3v) is 3.49. The van der Waals surface area contributed by atoms with Gasteiger partial charge in [-0.1, -0.05) is 6.07 Å². The first kappa shape index (κ1) is 10.7. The minimum atomic E-state index is -2.59. The molecule has 2 heterocycles. The molecular formula is C12H13F2N3. The Morgan fingerprint density at radius 3 is 2.71 bits per heavy atom. The van der Waals surface area contributed by atoms with Crippen LogP contribution in [0, 0.1) is 0 Å². The smallest absolute Gasteiger partial charge is 0.250 e. The van der Waals surface area contributed by atoms with Gasteiger partial charge in [-0.05, 0) is 12.1 Å². The highest BCUT2D eigenvalue weighted by Crippen LogP contribution is 2.52. The quantitative estimate of drug-likeness (QED) is 0.867. The lowest BCUT2D eigenvalue weighted by Gasteiger charge is -2.45. The second-order valence-electron chi connectivity index (χ2n) is 4.79. The highest BCUT2D eigenvalue weighted by molar-refractivity contribution is 5.42. The third-order valence-electron chi connectivity index (χ3n) is 3.49. The summed E-state index contributed by atoms with van der Waals surface area (Å²) in [6.45, 7) is 0.215. The van der Waals surface area contributed by atoms with Crippen LogP contribution in [0.3, 0.4) is 0 Å². The number of pyridine rings is 1. The summed E-state index contributed by atoms with van der Waals surface area (Å²) >= 11 is 0. The maximum Gasteiger partial charge on any atom is 0.250 e. The van der Waals surface area contributed by atoms with Gasteiger partial charge in [0.15, 0.2) is 0 Å². The average molecular weight is 237 g/mol. The van der Waals surface area contributed by atoms with Gasteiger partial charge in [0, 0.05) is 37.2 Å².